The minimum Gasteiger partial charge on any atom is -0.444 e. The van der Waals surface area contributed by atoms with Crippen LogP contribution in [0, 0.1) is 5.92 Å². The molecule has 1 fully saturated rings. The van der Waals surface area contributed by atoms with Gasteiger partial charge < -0.3 is 9.64 Å². The first kappa shape index (κ1) is 17.0. The molecule has 110 valence electrons. The number of allylic oxidation sites excluding steroid dienone is 1. The molecule has 0 aliphatic heterocycles. The van der Waals surface area contributed by atoms with Crippen LogP contribution in [0.25, 0.3) is 0 Å². The molecule has 0 atom stereocenters. The largest absolute Gasteiger partial charge is 0.444 e. The summed E-state index contributed by atoms with van der Waals surface area (Å²) in [6, 6.07) is 0.300. The third-order valence-electron chi connectivity index (χ3n) is 3.33. The number of hydrogen-bond acceptors (Lipinski definition) is 2. The topological polar surface area (TPSA) is 29.5 Å². The number of rotatable bonds is 2. The van der Waals surface area contributed by atoms with E-state index in [0.717, 1.165) is 29.1 Å². The van der Waals surface area contributed by atoms with Crippen LogP contribution in [0.15, 0.2) is 9.47 Å². The van der Waals surface area contributed by atoms with E-state index < -0.39 is 5.60 Å². The maximum absolute atomic E-state index is 12.0. The summed E-state index contributed by atoms with van der Waals surface area (Å²) in [5.41, 5.74) is -0.424. The minimum absolute atomic E-state index is 0.215. The van der Waals surface area contributed by atoms with E-state index in [4.69, 9.17) is 4.74 Å². The van der Waals surface area contributed by atoms with Crippen LogP contribution in [-0.4, -0.2) is 29.7 Å². The number of nitrogens with zero attached hydrogens (tertiary/aromatic N) is 1. The summed E-state index contributed by atoms with van der Waals surface area (Å²) in [4.78, 5) is 13.8. The molecule has 0 bridgehead atoms. The average molecular weight is 397 g/mol. The minimum atomic E-state index is -0.424. The van der Waals surface area contributed by atoms with E-state index in [1.807, 2.05) is 27.8 Å². The molecule has 1 amide bonds. The smallest absolute Gasteiger partial charge is 0.410 e. The van der Waals surface area contributed by atoms with Gasteiger partial charge >= 0.3 is 6.09 Å². The highest BCUT2D eigenvalue weighted by Crippen LogP contribution is 2.31. The monoisotopic (exact) mass is 395 g/mol. The normalized spacial score (nSPS) is 23.7. The molecular weight excluding hydrogens is 374 g/mol. The van der Waals surface area contributed by atoms with Crippen LogP contribution in [-0.2, 0) is 4.74 Å². The molecule has 3 nitrogen and oxygen atoms in total. The molecule has 1 saturated carbocycles. The van der Waals surface area contributed by atoms with Gasteiger partial charge in [0.05, 0.1) is 3.39 Å². The van der Waals surface area contributed by atoms with Crippen LogP contribution in [0.2, 0.25) is 0 Å². The summed E-state index contributed by atoms with van der Waals surface area (Å²) in [6.45, 7) is 5.69. The zero-order chi connectivity index (χ0) is 14.6. The highest BCUT2D eigenvalue weighted by atomic mass is 79.9. The Morgan fingerprint density at radius 3 is 2.16 bits per heavy atom. The molecule has 0 heterocycles. The molecule has 1 aliphatic carbocycles. The van der Waals surface area contributed by atoms with Crippen LogP contribution in [0.3, 0.4) is 0 Å². The van der Waals surface area contributed by atoms with E-state index in [-0.39, 0.29) is 6.09 Å². The molecule has 0 aromatic carbocycles. The van der Waals surface area contributed by atoms with Crippen LogP contribution < -0.4 is 0 Å². The number of carbonyl (C=O) groups excluding carboxylic acids is 1. The second kappa shape index (κ2) is 7.11. The maximum Gasteiger partial charge on any atom is 0.410 e. The van der Waals surface area contributed by atoms with Crippen molar-refractivity contribution in [3.63, 3.8) is 0 Å². The first-order chi connectivity index (χ1) is 8.69. The predicted molar refractivity (Wildman–Crippen MR) is 85.7 cm³/mol. The molecule has 0 radical (unpaired) electrons. The van der Waals surface area contributed by atoms with Crippen molar-refractivity contribution in [2.24, 2.45) is 5.92 Å². The predicted octanol–water partition coefficient (Wildman–Crippen LogP) is 5.04. The van der Waals surface area contributed by atoms with Crippen LogP contribution in [0.5, 0.6) is 0 Å². The van der Waals surface area contributed by atoms with Gasteiger partial charge in [-0.15, -0.1) is 0 Å². The lowest BCUT2D eigenvalue weighted by molar-refractivity contribution is 0.0179. The summed E-state index contributed by atoms with van der Waals surface area (Å²) in [5.74, 6) is 0.594. The van der Waals surface area contributed by atoms with E-state index >= 15 is 0 Å². The highest BCUT2D eigenvalue weighted by Gasteiger charge is 2.28. The molecule has 0 aromatic rings. The van der Waals surface area contributed by atoms with Crippen molar-refractivity contribution < 1.29 is 9.53 Å². The Hall–Kier alpha value is -0.0300. The van der Waals surface area contributed by atoms with Crippen molar-refractivity contribution in [1.82, 2.24) is 4.90 Å². The molecule has 0 N–H and O–H groups in total. The maximum atomic E-state index is 12.0. The Balaban J connectivity index is 2.47. The number of amides is 1. The van der Waals surface area contributed by atoms with Gasteiger partial charge in [-0.25, -0.2) is 4.79 Å². The lowest BCUT2D eigenvalue weighted by atomic mass is 9.86. The van der Waals surface area contributed by atoms with Crippen LogP contribution >= 0.6 is 31.9 Å². The summed E-state index contributed by atoms with van der Waals surface area (Å²) in [5, 5.41) is 0. The molecule has 1 aliphatic rings. The summed E-state index contributed by atoms with van der Waals surface area (Å²) in [7, 11) is 1.84. The van der Waals surface area contributed by atoms with Gasteiger partial charge in [0.25, 0.3) is 0 Å². The van der Waals surface area contributed by atoms with Gasteiger partial charge in [-0.1, -0.05) is 6.08 Å². The molecule has 0 aromatic heterocycles. The zero-order valence-corrected chi connectivity index (χ0v) is 15.3. The Labute approximate surface area is 133 Å². The van der Waals surface area contributed by atoms with Crippen molar-refractivity contribution in [2.75, 3.05) is 7.05 Å². The van der Waals surface area contributed by atoms with Gasteiger partial charge in [0.2, 0.25) is 0 Å². The summed E-state index contributed by atoms with van der Waals surface area (Å²) >= 11 is 6.81. The molecule has 19 heavy (non-hydrogen) atoms. The van der Waals surface area contributed by atoms with Crippen molar-refractivity contribution in [1.29, 1.82) is 0 Å². The van der Waals surface area contributed by atoms with Gasteiger partial charge in [-0.05, 0) is 84.2 Å². The van der Waals surface area contributed by atoms with Crippen LogP contribution in [0.4, 0.5) is 4.79 Å². The van der Waals surface area contributed by atoms with Gasteiger partial charge in [0.15, 0.2) is 0 Å². The van der Waals surface area contributed by atoms with E-state index in [2.05, 4.69) is 37.9 Å². The third kappa shape index (κ3) is 6.30. The Bertz CT molecular complexity index is 338. The Kier molecular flexibility index (Phi) is 6.37. The molecule has 1 rings (SSSR count). The van der Waals surface area contributed by atoms with Crippen molar-refractivity contribution in [2.45, 2.75) is 58.1 Å². The fraction of sp³-hybridized carbons (Fsp3) is 0.786. The Morgan fingerprint density at radius 1 is 1.21 bits per heavy atom. The van der Waals surface area contributed by atoms with Gasteiger partial charge in [-0.3, -0.25) is 0 Å². The van der Waals surface area contributed by atoms with Gasteiger partial charge in [-0.2, -0.15) is 0 Å². The summed E-state index contributed by atoms with van der Waals surface area (Å²) < 4.78 is 6.42. The standard InChI is InChI=1S/C14H23Br2NO2/c1-14(2,3)19-13(18)17(4)11-7-5-10(6-8-11)9-12(15)16/h9-11H,5-8H2,1-4H3. The Morgan fingerprint density at radius 2 is 1.74 bits per heavy atom. The fourth-order valence-electron chi connectivity index (χ4n) is 2.32. The molecule has 0 spiro atoms. The second-order valence-corrected chi connectivity index (χ2v) is 8.89. The zero-order valence-electron chi connectivity index (χ0n) is 12.1. The summed E-state index contributed by atoms with van der Waals surface area (Å²) in [6.07, 6.45) is 6.27. The van der Waals surface area contributed by atoms with Gasteiger partial charge in [0.1, 0.15) is 5.60 Å². The number of carbonyl (C=O) groups is 1. The first-order valence-corrected chi connectivity index (χ1v) is 8.26. The highest BCUT2D eigenvalue weighted by molar-refractivity contribution is 9.28. The molecule has 5 heteroatoms. The molecule has 0 unspecified atom stereocenters. The van der Waals surface area contributed by atoms with E-state index in [1.54, 1.807) is 4.90 Å². The number of hydrogen-bond donors (Lipinski definition) is 0. The second-order valence-electron chi connectivity index (χ2n) is 6.12. The van der Waals surface area contributed by atoms with E-state index in [1.165, 1.54) is 0 Å². The SMILES string of the molecule is CN(C(=O)OC(C)(C)C)C1CCC(C=C(Br)Br)CC1. The van der Waals surface area contributed by atoms with E-state index in [9.17, 15) is 4.79 Å². The van der Waals surface area contributed by atoms with Crippen LogP contribution in [0.1, 0.15) is 46.5 Å². The lowest BCUT2D eigenvalue weighted by Crippen LogP contribution is -2.42. The third-order valence-corrected chi connectivity index (χ3v) is 3.86. The van der Waals surface area contributed by atoms with Crippen molar-refractivity contribution >= 4 is 38.0 Å². The first-order valence-electron chi connectivity index (χ1n) is 6.67. The fourth-order valence-corrected chi connectivity index (χ4v) is 3.06. The van der Waals surface area contributed by atoms with Crippen molar-refractivity contribution in [3.8, 4) is 0 Å². The lowest BCUT2D eigenvalue weighted by Gasteiger charge is -2.34. The average Bonchev–Trinajstić information content (AvgIpc) is 2.26. The van der Waals surface area contributed by atoms with Crippen molar-refractivity contribution in [3.05, 3.63) is 9.47 Å². The van der Waals surface area contributed by atoms with E-state index in [0.29, 0.717) is 12.0 Å². The molecule has 0 saturated heterocycles. The van der Waals surface area contributed by atoms with Gasteiger partial charge in [0, 0.05) is 13.1 Å². The molecular formula is C14H23Br2NO2. The quantitative estimate of drug-likeness (QED) is 0.653. The number of halogens is 2. The number of ether oxygens (including phenoxy) is 1.